The van der Waals surface area contributed by atoms with Crippen LogP contribution in [0.4, 0.5) is 0 Å². The molecule has 0 aliphatic heterocycles. The van der Waals surface area contributed by atoms with Gasteiger partial charge in [-0.2, -0.15) is 0 Å². The fourth-order valence-corrected chi connectivity index (χ4v) is 9.97. The largest absolute Gasteiger partial charge is 0 e. The summed E-state index contributed by atoms with van der Waals surface area (Å²) < 4.78 is 7.89. The minimum absolute atomic E-state index is 0. The Kier molecular flexibility index (Phi) is 11.7. The van der Waals surface area contributed by atoms with Crippen LogP contribution in [0.3, 0.4) is 0 Å². The van der Waals surface area contributed by atoms with E-state index in [-0.39, 0.29) is 25.5 Å². The van der Waals surface area contributed by atoms with E-state index in [1.807, 2.05) is 42.6 Å². The first kappa shape index (κ1) is 37.4. The monoisotopic (exact) mass is 897 g/mol. The van der Waals surface area contributed by atoms with E-state index in [1.165, 1.54) is 26.6 Å². The van der Waals surface area contributed by atoms with Crippen LogP contribution in [0, 0.1) is 17.5 Å². The Morgan fingerprint density at radius 3 is 2.22 bits per heavy atom. The summed E-state index contributed by atoms with van der Waals surface area (Å²) in [7, 11) is 0. The zero-order chi connectivity index (χ0) is 34.8. The van der Waals surface area contributed by atoms with Gasteiger partial charge in [-0.1, -0.05) is 85.8 Å². The molecular weight excluding hydrogens is 849 g/mol. The summed E-state index contributed by atoms with van der Waals surface area (Å²) in [6.07, 6.45) is 5.00. The minimum Gasteiger partial charge on any atom is 0 e. The summed E-state index contributed by atoms with van der Waals surface area (Å²) >= 11 is -1.85. The molecule has 3 aromatic heterocycles. The molecule has 0 aliphatic rings. The van der Waals surface area contributed by atoms with Crippen LogP contribution in [0.15, 0.2) is 120 Å². The molecule has 1 radical (unpaired) electrons. The SMILES string of the molecule is CC(C)(C)Cc1ccnc(-c2[c-]ccc3c2oc2cccc(-c4ccccc4)c23)c1.CC(C)c1cc(-c2[c-]cccc2)nc[c]1[Ge]([CH3])([CH3])[CH3].[Ir]. The fraction of sp³-hybridized carbons (Fsp3) is 0.244. The summed E-state index contributed by atoms with van der Waals surface area (Å²) in [5, 5.41) is 2.24. The summed E-state index contributed by atoms with van der Waals surface area (Å²) in [4.78, 5) is 9.32. The van der Waals surface area contributed by atoms with Crippen molar-refractivity contribution in [1.29, 1.82) is 0 Å². The van der Waals surface area contributed by atoms with Gasteiger partial charge in [0.2, 0.25) is 0 Å². The summed E-state index contributed by atoms with van der Waals surface area (Å²) in [5.41, 5.74) is 11.0. The van der Waals surface area contributed by atoms with Crippen LogP contribution in [-0.4, -0.2) is 23.2 Å². The quantitative estimate of drug-likeness (QED) is 0.123. The molecule has 0 amide bonds. The van der Waals surface area contributed by atoms with Gasteiger partial charge < -0.3 is 9.40 Å². The number of pyridine rings is 2. The molecule has 0 aliphatic carbocycles. The summed E-state index contributed by atoms with van der Waals surface area (Å²) in [5.74, 6) is 7.83. The third-order valence-corrected chi connectivity index (χ3v) is 13.0. The second kappa shape index (κ2) is 15.6. The topological polar surface area (TPSA) is 38.9 Å². The van der Waals surface area contributed by atoms with Gasteiger partial charge in [-0.05, 0) is 40.8 Å². The van der Waals surface area contributed by atoms with Crippen molar-refractivity contribution in [1.82, 2.24) is 9.97 Å². The Morgan fingerprint density at radius 1 is 0.780 bits per heavy atom. The molecule has 0 saturated heterocycles. The summed E-state index contributed by atoms with van der Waals surface area (Å²) in [6.45, 7) is 11.3. The van der Waals surface area contributed by atoms with Crippen LogP contribution in [0.1, 0.15) is 51.7 Å². The van der Waals surface area contributed by atoms with E-state index in [4.69, 9.17) is 4.42 Å². The van der Waals surface area contributed by atoms with Crippen molar-refractivity contribution in [2.75, 3.05) is 0 Å². The second-order valence-corrected chi connectivity index (χ2v) is 25.9. The maximum atomic E-state index is 6.37. The van der Waals surface area contributed by atoms with Crippen molar-refractivity contribution in [2.45, 2.75) is 64.2 Å². The maximum absolute atomic E-state index is 6.37. The van der Waals surface area contributed by atoms with Crippen molar-refractivity contribution in [3.05, 3.63) is 139 Å². The van der Waals surface area contributed by atoms with E-state index < -0.39 is 13.3 Å². The molecule has 0 bridgehead atoms. The minimum atomic E-state index is -1.85. The van der Waals surface area contributed by atoms with Gasteiger partial charge in [0.15, 0.2) is 0 Å². The van der Waals surface area contributed by atoms with Crippen molar-refractivity contribution in [2.24, 2.45) is 5.41 Å². The van der Waals surface area contributed by atoms with Crippen molar-refractivity contribution in [3.63, 3.8) is 0 Å². The zero-order valence-corrected chi connectivity index (χ0v) is 34.9. The van der Waals surface area contributed by atoms with E-state index in [0.29, 0.717) is 5.92 Å². The van der Waals surface area contributed by atoms with Gasteiger partial charge in [0.1, 0.15) is 5.58 Å². The Balaban J connectivity index is 0.000000211. The van der Waals surface area contributed by atoms with Crippen molar-refractivity contribution < 1.29 is 24.5 Å². The average molecular weight is 896 g/mol. The number of furan rings is 1. The number of hydrogen-bond donors (Lipinski definition) is 0. The van der Waals surface area contributed by atoms with E-state index in [1.54, 1.807) is 0 Å². The molecule has 0 saturated carbocycles. The number of fused-ring (bicyclic) bond motifs is 3. The first-order valence-electron chi connectivity index (χ1n) is 17.2. The van der Waals surface area contributed by atoms with Crippen molar-refractivity contribution in [3.8, 4) is 33.6 Å². The molecule has 0 fully saturated rings. The van der Waals surface area contributed by atoms with Gasteiger partial charge in [0.25, 0.3) is 0 Å². The molecule has 4 aromatic carbocycles. The third-order valence-electron chi connectivity index (χ3n) is 8.71. The second-order valence-electron chi connectivity index (χ2n) is 15.4. The van der Waals surface area contributed by atoms with E-state index in [2.05, 4.69) is 147 Å². The van der Waals surface area contributed by atoms with Gasteiger partial charge in [0, 0.05) is 31.7 Å². The molecule has 0 spiro atoms. The predicted octanol–water partition coefficient (Wildman–Crippen LogP) is 11.9. The number of hydrogen-bond acceptors (Lipinski definition) is 3. The first-order valence-corrected chi connectivity index (χ1v) is 24.6. The van der Waals surface area contributed by atoms with Gasteiger partial charge in [-0.25, -0.2) is 0 Å². The molecule has 257 valence electrons. The van der Waals surface area contributed by atoms with Gasteiger partial charge >= 0.3 is 119 Å². The third kappa shape index (κ3) is 8.54. The van der Waals surface area contributed by atoms with Gasteiger partial charge in [-0.3, -0.25) is 0 Å². The predicted molar refractivity (Wildman–Crippen MR) is 210 cm³/mol. The van der Waals surface area contributed by atoms with E-state index in [0.717, 1.165) is 50.9 Å². The standard InChI is InChI=1S/C28H24NO.C17H22GeN.Ir/c1-28(2,3)18-19-15-16-29-24(17-19)22-12-7-13-23-26-21(20-9-5-4-6-10-20)11-8-14-25(26)30-27(22)23;1-13(2)15-11-17(14-9-7-6-8-10-14)19-12-16(15)18(3,4)5;/h4-11,13-17H,18H2,1-3H3;6-9,11-13H,1-5H3;/q2*-1;. The molecule has 3 nitrogen and oxygen atoms in total. The molecule has 3 heterocycles. The Bertz CT molecular complexity index is 2190. The molecule has 5 heteroatoms. The van der Waals surface area contributed by atoms with Crippen LogP contribution >= 0.6 is 0 Å². The number of nitrogens with zero attached hydrogens (tertiary/aromatic N) is 2. The molecule has 7 rings (SSSR count). The van der Waals surface area contributed by atoms with Gasteiger partial charge in [-0.15, -0.1) is 18.2 Å². The Hall–Kier alpha value is -3.83. The van der Waals surface area contributed by atoms with Crippen LogP contribution in [0.5, 0.6) is 0 Å². The Morgan fingerprint density at radius 2 is 1.54 bits per heavy atom. The smallest absolute Gasteiger partial charge is 0 e. The number of benzene rings is 4. The number of rotatable bonds is 6. The molecule has 0 unspecified atom stereocenters. The normalized spacial score (nSPS) is 11.7. The van der Waals surface area contributed by atoms with Gasteiger partial charge in [0.05, 0.1) is 5.58 Å². The van der Waals surface area contributed by atoms with E-state index in [9.17, 15) is 0 Å². The van der Waals surface area contributed by atoms with Crippen LogP contribution < -0.4 is 4.40 Å². The fourth-order valence-electron chi connectivity index (χ4n) is 6.45. The van der Waals surface area contributed by atoms with Crippen LogP contribution in [0.2, 0.25) is 17.3 Å². The molecule has 50 heavy (non-hydrogen) atoms. The zero-order valence-electron chi connectivity index (χ0n) is 30.4. The Labute approximate surface area is 314 Å². The number of aromatic nitrogens is 2. The maximum Gasteiger partial charge on any atom is 0 e. The summed E-state index contributed by atoms with van der Waals surface area (Å²) in [6, 6.07) is 42.0. The average Bonchev–Trinajstić information content (AvgIpc) is 3.47. The van der Waals surface area contributed by atoms with E-state index >= 15 is 0 Å². The molecule has 0 atom stereocenters. The van der Waals surface area contributed by atoms with Crippen molar-refractivity contribution >= 4 is 39.6 Å². The van der Waals surface area contributed by atoms with Crippen LogP contribution in [0.25, 0.3) is 55.6 Å². The van der Waals surface area contributed by atoms with Crippen LogP contribution in [-0.2, 0) is 26.5 Å². The molecule has 7 aromatic rings. The molecule has 0 N–H and O–H groups in total. The first-order chi connectivity index (χ1) is 23.4. The molecular formula is C45H46GeIrN2O-2.